The minimum atomic E-state index is -0.653. The van der Waals surface area contributed by atoms with E-state index < -0.39 is 11.9 Å². The number of amides is 1. The maximum absolute atomic E-state index is 12.6. The molecule has 2 aliphatic rings. The number of carbonyl (C=O) groups excluding carboxylic acids is 1. The van der Waals surface area contributed by atoms with Crippen molar-refractivity contribution in [3.63, 3.8) is 0 Å². The highest BCUT2D eigenvalue weighted by Gasteiger charge is 2.39. The van der Waals surface area contributed by atoms with Crippen LogP contribution in [0, 0.1) is 0 Å². The van der Waals surface area contributed by atoms with Gasteiger partial charge in [-0.3, -0.25) is 4.90 Å². The van der Waals surface area contributed by atoms with Gasteiger partial charge in [-0.15, -0.1) is 0 Å². The van der Waals surface area contributed by atoms with Crippen molar-refractivity contribution in [2.45, 2.75) is 31.8 Å². The Kier molecular flexibility index (Phi) is 6.75. The fourth-order valence-electron chi connectivity index (χ4n) is 4.05. The minimum Gasteiger partial charge on any atom is -0.410 e. The number of nitrogens with one attached hydrogen (secondary N) is 1. The third-order valence-electron chi connectivity index (χ3n) is 5.68. The summed E-state index contributed by atoms with van der Waals surface area (Å²) >= 11 is 0. The van der Waals surface area contributed by atoms with Crippen molar-refractivity contribution in [3.8, 4) is 5.75 Å². The molecule has 0 saturated carbocycles. The number of hydrogen-bond donors (Lipinski definition) is 1. The molecule has 0 aromatic heterocycles. The number of para-hydroxylation sites is 2. The fraction of sp³-hybridized carbons (Fsp3) is 0.458. The van der Waals surface area contributed by atoms with Gasteiger partial charge in [0.05, 0.1) is 12.6 Å². The molecule has 2 saturated heterocycles. The van der Waals surface area contributed by atoms with Crippen LogP contribution in [0.25, 0.3) is 0 Å². The van der Waals surface area contributed by atoms with Crippen LogP contribution in [0.3, 0.4) is 0 Å². The van der Waals surface area contributed by atoms with Crippen molar-refractivity contribution in [2.24, 2.45) is 0 Å². The molecule has 2 atom stereocenters. The summed E-state index contributed by atoms with van der Waals surface area (Å²) in [7, 11) is 0. The Bertz CT molecular complexity index is 838. The van der Waals surface area contributed by atoms with Crippen LogP contribution >= 0.6 is 0 Å². The van der Waals surface area contributed by atoms with E-state index in [1.807, 2.05) is 38.1 Å². The normalized spacial score (nSPS) is 22.1. The van der Waals surface area contributed by atoms with Crippen LogP contribution in [0.2, 0.25) is 0 Å². The Morgan fingerprint density at radius 1 is 1.06 bits per heavy atom. The van der Waals surface area contributed by atoms with Gasteiger partial charge in [-0.05, 0) is 38.1 Å². The Hall–Kier alpha value is -2.61. The lowest BCUT2D eigenvalue weighted by Crippen LogP contribution is -2.56. The molecule has 0 unspecified atom stereocenters. The standard InChI is InChI=1S/C24H31N3O4/c1-24(2)29-18-22(31-24)21(25-23(28)30-20-11-7-4-8-12-20)17-26-13-15-27(16-14-26)19-9-5-3-6-10-19/h3-12,21-22H,13-18H2,1-2H3,(H,25,28)/t21-,22+/m1/s1. The maximum Gasteiger partial charge on any atom is 0.412 e. The lowest BCUT2D eigenvalue weighted by molar-refractivity contribution is -0.142. The zero-order chi connectivity index (χ0) is 21.7. The van der Waals surface area contributed by atoms with E-state index in [0.717, 1.165) is 26.2 Å². The third-order valence-corrected chi connectivity index (χ3v) is 5.68. The van der Waals surface area contributed by atoms with Crippen LogP contribution < -0.4 is 15.0 Å². The molecule has 4 rings (SSSR count). The number of hydrogen-bond acceptors (Lipinski definition) is 6. The molecular weight excluding hydrogens is 394 g/mol. The number of anilines is 1. The molecule has 1 N–H and O–H groups in total. The van der Waals surface area contributed by atoms with Crippen LogP contribution in [0.1, 0.15) is 13.8 Å². The predicted octanol–water partition coefficient (Wildman–Crippen LogP) is 3.12. The van der Waals surface area contributed by atoms with Gasteiger partial charge in [0, 0.05) is 38.4 Å². The zero-order valence-electron chi connectivity index (χ0n) is 18.2. The highest BCUT2D eigenvalue weighted by molar-refractivity contribution is 5.70. The van der Waals surface area contributed by atoms with Crippen LogP contribution in [-0.4, -0.2) is 68.3 Å². The molecule has 2 fully saturated rings. The Morgan fingerprint density at radius 3 is 2.32 bits per heavy atom. The topological polar surface area (TPSA) is 63.3 Å². The Balaban J connectivity index is 1.36. The number of rotatable bonds is 6. The van der Waals surface area contributed by atoms with E-state index in [4.69, 9.17) is 14.2 Å². The van der Waals surface area contributed by atoms with E-state index >= 15 is 0 Å². The van der Waals surface area contributed by atoms with E-state index in [0.29, 0.717) is 18.9 Å². The van der Waals surface area contributed by atoms with Crippen LogP contribution in [0.4, 0.5) is 10.5 Å². The molecular formula is C24H31N3O4. The second-order valence-electron chi connectivity index (χ2n) is 8.44. The third kappa shape index (κ3) is 5.97. The van der Waals surface area contributed by atoms with E-state index in [1.54, 1.807) is 12.1 Å². The van der Waals surface area contributed by atoms with Crippen LogP contribution in [0.5, 0.6) is 5.75 Å². The summed E-state index contributed by atoms with van der Waals surface area (Å²) in [5.41, 5.74) is 1.25. The van der Waals surface area contributed by atoms with Crippen molar-refractivity contribution in [2.75, 3.05) is 44.2 Å². The monoisotopic (exact) mass is 425 g/mol. The molecule has 166 valence electrons. The van der Waals surface area contributed by atoms with Gasteiger partial charge in [0.1, 0.15) is 11.9 Å². The number of benzene rings is 2. The summed E-state index contributed by atoms with van der Waals surface area (Å²) in [6.45, 7) is 8.62. The lowest BCUT2D eigenvalue weighted by atomic mass is 10.1. The van der Waals surface area contributed by atoms with E-state index in [9.17, 15) is 4.79 Å². The van der Waals surface area contributed by atoms with Gasteiger partial charge < -0.3 is 24.4 Å². The minimum absolute atomic E-state index is 0.231. The summed E-state index contributed by atoms with van der Waals surface area (Å²) in [4.78, 5) is 17.3. The number of carbonyl (C=O) groups is 1. The molecule has 7 nitrogen and oxygen atoms in total. The van der Waals surface area contributed by atoms with Gasteiger partial charge in [0.15, 0.2) is 5.79 Å². The van der Waals surface area contributed by atoms with Crippen LogP contribution in [0.15, 0.2) is 60.7 Å². The first kappa shape index (κ1) is 21.6. The van der Waals surface area contributed by atoms with Crippen LogP contribution in [-0.2, 0) is 9.47 Å². The molecule has 0 radical (unpaired) electrons. The molecule has 2 heterocycles. The molecule has 7 heteroatoms. The van der Waals surface area contributed by atoms with Gasteiger partial charge in [0.2, 0.25) is 0 Å². The maximum atomic E-state index is 12.6. The first-order chi connectivity index (χ1) is 15.0. The largest absolute Gasteiger partial charge is 0.412 e. The first-order valence-electron chi connectivity index (χ1n) is 10.9. The summed E-state index contributed by atoms with van der Waals surface area (Å²) in [6, 6.07) is 19.3. The molecule has 0 bridgehead atoms. The van der Waals surface area contributed by atoms with Gasteiger partial charge in [-0.25, -0.2) is 4.79 Å². The summed E-state index contributed by atoms with van der Waals surface area (Å²) < 4.78 is 17.3. The lowest BCUT2D eigenvalue weighted by Gasteiger charge is -2.38. The van der Waals surface area contributed by atoms with E-state index in [-0.39, 0.29) is 12.1 Å². The van der Waals surface area contributed by atoms with Gasteiger partial charge in [0.25, 0.3) is 0 Å². The molecule has 0 spiro atoms. The summed E-state index contributed by atoms with van der Waals surface area (Å²) in [5.74, 6) is -0.140. The smallest absolute Gasteiger partial charge is 0.410 e. The summed E-state index contributed by atoms with van der Waals surface area (Å²) in [5, 5.41) is 3.01. The number of ether oxygens (including phenoxy) is 3. The quantitative estimate of drug-likeness (QED) is 0.767. The first-order valence-corrected chi connectivity index (χ1v) is 10.9. The molecule has 1 amide bonds. The zero-order valence-corrected chi connectivity index (χ0v) is 18.2. The van der Waals surface area contributed by atoms with Gasteiger partial charge >= 0.3 is 6.09 Å². The summed E-state index contributed by atoms with van der Waals surface area (Å²) in [6.07, 6.45) is -0.710. The van der Waals surface area contributed by atoms with Crippen molar-refractivity contribution >= 4 is 11.8 Å². The second kappa shape index (κ2) is 9.68. The second-order valence-corrected chi connectivity index (χ2v) is 8.44. The predicted molar refractivity (Wildman–Crippen MR) is 119 cm³/mol. The van der Waals surface area contributed by atoms with Crippen molar-refractivity contribution < 1.29 is 19.0 Å². The van der Waals surface area contributed by atoms with E-state index in [1.165, 1.54) is 5.69 Å². The molecule has 2 aromatic rings. The molecule has 0 aliphatic carbocycles. The van der Waals surface area contributed by atoms with Crippen molar-refractivity contribution in [1.82, 2.24) is 10.2 Å². The van der Waals surface area contributed by atoms with E-state index in [2.05, 4.69) is 39.4 Å². The van der Waals surface area contributed by atoms with Gasteiger partial charge in [-0.2, -0.15) is 0 Å². The van der Waals surface area contributed by atoms with Crippen molar-refractivity contribution in [3.05, 3.63) is 60.7 Å². The van der Waals surface area contributed by atoms with Gasteiger partial charge in [-0.1, -0.05) is 36.4 Å². The number of nitrogens with zero attached hydrogens (tertiary/aromatic N) is 2. The Morgan fingerprint density at radius 2 is 1.71 bits per heavy atom. The molecule has 31 heavy (non-hydrogen) atoms. The fourth-order valence-corrected chi connectivity index (χ4v) is 4.05. The highest BCUT2D eigenvalue weighted by atomic mass is 16.7. The average Bonchev–Trinajstić information content (AvgIpc) is 3.15. The Labute approximate surface area is 183 Å². The van der Waals surface area contributed by atoms with Crippen molar-refractivity contribution in [1.29, 1.82) is 0 Å². The number of piperazine rings is 1. The average molecular weight is 426 g/mol. The molecule has 2 aromatic carbocycles. The highest BCUT2D eigenvalue weighted by Crippen LogP contribution is 2.25. The SMILES string of the molecule is CC1(C)OC[C@@H]([C@@H](CN2CCN(c3ccccc3)CC2)NC(=O)Oc2ccccc2)O1. The molecule has 2 aliphatic heterocycles.